The van der Waals surface area contributed by atoms with Gasteiger partial charge in [0.15, 0.2) is 0 Å². The molecule has 148 valence electrons. The average molecular weight is 394 g/mol. The van der Waals surface area contributed by atoms with Crippen LogP contribution < -0.4 is 17.0 Å². The number of benzene rings is 1. The lowest BCUT2D eigenvalue weighted by molar-refractivity contribution is -0.141. The molecular weight excluding hydrogens is 377 g/mol. The lowest BCUT2D eigenvalue weighted by Gasteiger charge is -2.16. The fourth-order valence-electron chi connectivity index (χ4n) is 3.31. The maximum atomic E-state index is 12.8. The number of nitrogens with two attached hydrogens (primary N) is 2. The number of carbonyl (C=O) groups is 1. The number of pyridine rings is 1. The van der Waals surface area contributed by atoms with Gasteiger partial charge in [0.2, 0.25) is 0 Å². The number of alkyl halides is 3. The molecule has 0 bridgehead atoms. The van der Waals surface area contributed by atoms with Gasteiger partial charge < -0.3 is 21.1 Å². The summed E-state index contributed by atoms with van der Waals surface area (Å²) in [5.74, 6) is -1.13. The van der Waals surface area contributed by atoms with Crippen LogP contribution in [0.4, 0.5) is 19.0 Å². The molecule has 0 aliphatic rings. The van der Waals surface area contributed by atoms with E-state index in [1.165, 1.54) is 10.6 Å². The van der Waals surface area contributed by atoms with E-state index < -0.39 is 24.2 Å². The van der Waals surface area contributed by atoms with E-state index in [-0.39, 0.29) is 28.0 Å². The highest BCUT2D eigenvalue weighted by Gasteiger charge is 2.30. The first-order valence-corrected chi connectivity index (χ1v) is 8.13. The van der Waals surface area contributed by atoms with Crippen LogP contribution in [0.3, 0.4) is 0 Å². The van der Waals surface area contributed by atoms with Gasteiger partial charge in [-0.2, -0.15) is 13.2 Å². The van der Waals surface area contributed by atoms with Crippen molar-refractivity contribution in [3.8, 4) is 11.4 Å². The number of aromatic hydroxyl groups is 1. The number of fused-ring (bicyclic) bond motifs is 1. The summed E-state index contributed by atoms with van der Waals surface area (Å²) in [7, 11) is 0. The Morgan fingerprint density at radius 2 is 1.89 bits per heavy atom. The number of anilines is 1. The van der Waals surface area contributed by atoms with Crippen molar-refractivity contribution in [1.29, 1.82) is 0 Å². The van der Waals surface area contributed by atoms with Crippen LogP contribution in [0.1, 0.15) is 21.5 Å². The zero-order valence-electron chi connectivity index (χ0n) is 15.0. The van der Waals surface area contributed by atoms with Gasteiger partial charge in [-0.05, 0) is 25.5 Å². The largest absolute Gasteiger partial charge is 0.508 e. The number of phenols is 1. The minimum absolute atomic E-state index is 0.0102. The number of carbonyl (C=O) groups excluding carboxylic acids is 1. The summed E-state index contributed by atoms with van der Waals surface area (Å²) in [4.78, 5) is 24.2. The first kappa shape index (κ1) is 19.3. The van der Waals surface area contributed by atoms with Crippen LogP contribution in [-0.2, 0) is 6.54 Å². The first-order valence-electron chi connectivity index (χ1n) is 8.13. The number of aryl methyl sites for hydroxylation is 1. The number of aromatic nitrogens is 2. The number of hydrogen-bond donors (Lipinski definition) is 3. The topological polar surface area (TPSA) is 116 Å². The van der Waals surface area contributed by atoms with Gasteiger partial charge in [-0.15, -0.1) is 0 Å². The highest BCUT2D eigenvalue weighted by molar-refractivity contribution is 6.11. The Kier molecular flexibility index (Phi) is 4.37. The molecule has 28 heavy (non-hydrogen) atoms. The van der Waals surface area contributed by atoms with Gasteiger partial charge in [0, 0.05) is 23.2 Å². The maximum absolute atomic E-state index is 12.8. The fraction of sp³-hybridized carbons (Fsp3) is 0.222. The van der Waals surface area contributed by atoms with Crippen molar-refractivity contribution >= 4 is 22.6 Å². The van der Waals surface area contributed by atoms with Gasteiger partial charge in [-0.1, -0.05) is 6.07 Å². The molecule has 1 amide bonds. The number of halogens is 3. The molecule has 0 saturated carbocycles. The van der Waals surface area contributed by atoms with Crippen molar-refractivity contribution < 1.29 is 23.1 Å². The summed E-state index contributed by atoms with van der Waals surface area (Å²) < 4.78 is 40.1. The predicted octanol–water partition coefficient (Wildman–Crippen LogP) is 2.36. The van der Waals surface area contributed by atoms with Gasteiger partial charge >= 0.3 is 6.18 Å². The van der Waals surface area contributed by atoms with Crippen molar-refractivity contribution in [1.82, 2.24) is 9.13 Å². The monoisotopic (exact) mass is 394 g/mol. The molecular formula is C18H17F3N4O3. The number of primary amides is 1. The second-order valence-corrected chi connectivity index (χ2v) is 6.49. The third-order valence-corrected chi connectivity index (χ3v) is 4.54. The zero-order valence-corrected chi connectivity index (χ0v) is 15.0. The summed E-state index contributed by atoms with van der Waals surface area (Å²) in [5, 5.41) is 10.1. The van der Waals surface area contributed by atoms with Gasteiger partial charge in [0.1, 0.15) is 18.1 Å². The molecule has 1 aromatic carbocycles. The summed E-state index contributed by atoms with van der Waals surface area (Å²) in [6, 6.07) is 4.05. The molecule has 0 fully saturated rings. The summed E-state index contributed by atoms with van der Waals surface area (Å²) in [5.41, 5.74) is 12.0. The number of nitrogen functional groups attached to an aromatic ring is 1. The Morgan fingerprint density at radius 1 is 1.25 bits per heavy atom. The van der Waals surface area contributed by atoms with Gasteiger partial charge in [-0.3, -0.25) is 14.2 Å². The van der Waals surface area contributed by atoms with Crippen molar-refractivity contribution in [3.05, 3.63) is 51.4 Å². The molecule has 5 N–H and O–H groups in total. The molecule has 0 aliphatic heterocycles. The van der Waals surface area contributed by atoms with Crippen LogP contribution in [0.15, 0.2) is 29.2 Å². The summed E-state index contributed by atoms with van der Waals surface area (Å²) in [6.45, 7) is 1.81. The van der Waals surface area contributed by atoms with Crippen LogP contribution >= 0.6 is 0 Å². The van der Waals surface area contributed by atoms with Gasteiger partial charge in [0.05, 0.1) is 16.8 Å². The van der Waals surface area contributed by atoms with Crippen LogP contribution in [-0.4, -0.2) is 26.3 Å². The van der Waals surface area contributed by atoms with Crippen LogP contribution in [0.5, 0.6) is 5.75 Å². The summed E-state index contributed by atoms with van der Waals surface area (Å²) >= 11 is 0. The lowest BCUT2D eigenvalue weighted by atomic mass is 10.1. The van der Waals surface area contributed by atoms with E-state index in [0.29, 0.717) is 21.4 Å². The molecule has 0 saturated heterocycles. The van der Waals surface area contributed by atoms with Crippen molar-refractivity contribution in [3.63, 3.8) is 0 Å². The Balaban J connectivity index is 2.46. The number of amides is 1. The highest BCUT2D eigenvalue weighted by atomic mass is 19.4. The van der Waals surface area contributed by atoms with E-state index in [1.807, 2.05) is 0 Å². The molecule has 0 atom stereocenters. The Morgan fingerprint density at radius 3 is 2.46 bits per heavy atom. The van der Waals surface area contributed by atoms with E-state index in [1.54, 1.807) is 19.9 Å². The molecule has 2 heterocycles. The first-order chi connectivity index (χ1) is 12.9. The third-order valence-electron chi connectivity index (χ3n) is 4.54. The number of phenolic OH excluding ortho intramolecular Hbond substituents is 1. The smallest absolute Gasteiger partial charge is 0.406 e. The summed E-state index contributed by atoms with van der Waals surface area (Å²) in [6.07, 6.45) is -3.71. The van der Waals surface area contributed by atoms with Crippen molar-refractivity contribution in [2.75, 3.05) is 5.73 Å². The van der Waals surface area contributed by atoms with Crippen LogP contribution in [0.2, 0.25) is 0 Å². The molecule has 3 rings (SSSR count). The number of hydrogen-bond acceptors (Lipinski definition) is 4. The Bertz CT molecular complexity index is 1180. The van der Waals surface area contributed by atoms with Crippen LogP contribution in [0, 0.1) is 13.8 Å². The van der Waals surface area contributed by atoms with Gasteiger partial charge in [0.25, 0.3) is 11.5 Å². The highest BCUT2D eigenvalue weighted by Crippen LogP contribution is 2.35. The molecule has 0 aliphatic carbocycles. The third kappa shape index (κ3) is 3.06. The standard InChI is InChI=1S/C18H17F3N4O3/c1-8-3-4-12(26)9(2)15(8)25-11-5-13(27)24(7-18(19,20)21)6-10(11)14(16(25)22)17(23)28/h3-6,26H,7,22H2,1-2H3,(H2,23,28). The molecule has 2 aromatic heterocycles. The molecule has 10 heteroatoms. The SMILES string of the molecule is Cc1ccc(O)c(C)c1-n1c(N)c(C(N)=O)c2cn(CC(F)(F)F)c(=O)cc21. The molecule has 0 unspecified atom stereocenters. The Hall–Kier alpha value is -3.43. The Labute approximate surface area is 156 Å². The predicted molar refractivity (Wildman–Crippen MR) is 97.7 cm³/mol. The number of rotatable bonds is 3. The van der Waals surface area contributed by atoms with Crippen molar-refractivity contribution in [2.24, 2.45) is 5.73 Å². The van der Waals surface area contributed by atoms with Crippen LogP contribution in [0.25, 0.3) is 16.6 Å². The maximum Gasteiger partial charge on any atom is 0.406 e. The molecule has 3 aromatic rings. The van der Waals surface area contributed by atoms with E-state index in [4.69, 9.17) is 11.5 Å². The second-order valence-electron chi connectivity index (χ2n) is 6.49. The average Bonchev–Trinajstić information content (AvgIpc) is 2.82. The molecule has 7 nitrogen and oxygen atoms in total. The zero-order chi connectivity index (χ0) is 21.0. The fourth-order valence-corrected chi connectivity index (χ4v) is 3.31. The molecule has 0 radical (unpaired) electrons. The quantitative estimate of drug-likeness (QED) is 0.632. The lowest BCUT2D eigenvalue weighted by Crippen LogP contribution is -2.27. The van der Waals surface area contributed by atoms with E-state index >= 15 is 0 Å². The normalized spacial score (nSPS) is 11.9. The van der Waals surface area contributed by atoms with E-state index in [0.717, 1.165) is 12.3 Å². The van der Waals surface area contributed by atoms with Crippen molar-refractivity contribution in [2.45, 2.75) is 26.6 Å². The van der Waals surface area contributed by atoms with E-state index in [9.17, 15) is 27.9 Å². The minimum atomic E-state index is -4.63. The van der Waals surface area contributed by atoms with E-state index in [2.05, 4.69) is 0 Å². The second kappa shape index (κ2) is 6.32. The number of nitrogens with zero attached hydrogens (tertiary/aromatic N) is 2. The minimum Gasteiger partial charge on any atom is -0.508 e. The molecule has 0 spiro atoms. The van der Waals surface area contributed by atoms with Gasteiger partial charge in [-0.25, -0.2) is 0 Å².